The first-order valence-corrected chi connectivity index (χ1v) is 17.6. The lowest BCUT2D eigenvalue weighted by Crippen LogP contribution is -2.36. The monoisotopic (exact) mass is 599 g/mol. The maximum Gasteiger partial charge on any atom is 0.409 e. The number of nitrogens with zero attached hydrogens (tertiary/aromatic N) is 2. The molecule has 2 rings (SSSR count). The molecule has 1 aromatic heterocycles. The Labute approximate surface area is 249 Å². The number of ether oxygens (including phenoxy) is 2. The number of hydrogen-bond donors (Lipinski definition) is 4. The minimum absolute atomic E-state index is 0.191. The molecule has 3 amide bonds. The number of imidazole rings is 1. The maximum atomic E-state index is 12.7. The van der Waals surface area contributed by atoms with E-state index in [4.69, 9.17) is 14.5 Å². The zero-order valence-corrected chi connectivity index (χ0v) is 26.6. The van der Waals surface area contributed by atoms with E-state index in [0.29, 0.717) is 42.2 Å². The molecule has 1 heterocycles. The van der Waals surface area contributed by atoms with E-state index in [1.807, 2.05) is 4.57 Å². The first-order chi connectivity index (χ1) is 19.6. The van der Waals surface area contributed by atoms with Gasteiger partial charge in [0.05, 0.1) is 17.4 Å². The zero-order valence-electron chi connectivity index (χ0n) is 25.6. The summed E-state index contributed by atoms with van der Waals surface area (Å²) in [4.78, 5) is 41.5. The first-order valence-electron chi connectivity index (χ1n) is 13.9. The van der Waals surface area contributed by atoms with Gasteiger partial charge in [-0.05, 0) is 57.9 Å². The lowest BCUT2D eigenvalue weighted by Gasteiger charge is -2.23. The Morgan fingerprint density at radius 1 is 1.14 bits per heavy atom. The minimum atomic E-state index is -1.32. The molecule has 1 aromatic carbocycles. The number of benzene rings is 1. The number of aromatic nitrogens is 2. The molecule has 0 bridgehead atoms. The van der Waals surface area contributed by atoms with E-state index < -0.39 is 31.9 Å². The highest BCUT2D eigenvalue weighted by atomic mass is 28.3. The normalized spacial score (nSPS) is 12.2. The van der Waals surface area contributed by atoms with Crippen molar-refractivity contribution in [3.05, 3.63) is 55.5 Å². The fourth-order valence-electron chi connectivity index (χ4n) is 3.85. The molecule has 0 radical (unpaired) electrons. The molecule has 0 aliphatic rings. The second-order valence-electron chi connectivity index (χ2n) is 12.1. The van der Waals surface area contributed by atoms with E-state index in [1.54, 1.807) is 57.3 Å². The summed E-state index contributed by atoms with van der Waals surface area (Å²) in [6.45, 7) is 20.4. The van der Waals surface area contributed by atoms with Crippen molar-refractivity contribution >= 4 is 37.5 Å². The molecule has 0 fully saturated rings. The first kappa shape index (κ1) is 34.3. The number of carbonyl (C=O) groups is 3. The largest absolute Gasteiger partial charge is 0.465 e. The topological polar surface area (TPSA) is 144 Å². The predicted octanol–water partition coefficient (Wildman–Crippen LogP) is 7.00. The molecule has 0 saturated carbocycles. The number of rotatable bonds is 15. The highest BCUT2D eigenvalue weighted by molar-refractivity contribution is 6.76. The molecule has 42 heavy (non-hydrogen) atoms. The van der Waals surface area contributed by atoms with Crippen molar-refractivity contribution in [1.29, 1.82) is 0 Å². The van der Waals surface area contributed by atoms with E-state index in [2.05, 4.69) is 48.7 Å². The van der Waals surface area contributed by atoms with E-state index in [-0.39, 0.29) is 24.7 Å². The molecule has 2 aromatic rings. The van der Waals surface area contributed by atoms with Crippen molar-refractivity contribution in [2.75, 3.05) is 17.2 Å². The maximum absolute atomic E-state index is 12.7. The Balaban J connectivity index is 2.55. The zero-order chi connectivity index (χ0) is 31.5. The van der Waals surface area contributed by atoms with E-state index in [9.17, 15) is 19.5 Å². The summed E-state index contributed by atoms with van der Waals surface area (Å²) in [5.74, 6) is 0.259. The van der Waals surface area contributed by atoms with Gasteiger partial charge in [-0.3, -0.25) is 10.1 Å². The van der Waals surface area contributed by atoms with Crippen LogP contribution in [0.4, 0.5) is 21.0 Å². The van der Waals surface area contributed by atoms with Crippen molar-refractivity contribution in [3.8, 4) is 11.3 Å². The van der Waals surface area contributed by atoms with Crippen molar-refractivity contribution in [3.63, 3.8) is 0 Å². The number of nitrogens with one attached hydrogen (secondary N) is 3. The van der Waals surface area contributed by atoms with E-state index in [1.165, 1.54) is 0 Å². The summed E-state index contributed by atoms with van der Waals surface area (Å²) in [5, 5.41) is 17.3. The molecule has 0 saturated heterocycles. The van der Waals surface area contributed by atoms with Gasteiger partial charge in [0.15, 0.2) is 0 Å². The fourth-order valence-corrected chi connectivity index (χ4v) is 4.60. The summed E-state index contributed by atoms with van der Waals surface area (Å²) >= 11 is 0. The SMILES string of the molecule is C=CCCC(=O)Nc1cc(NC(=O)O)ccc1-c1cn(COCC[Si](C)(C)C)c(C(CC=C)NC(=O)OC(C)(C)C)n1. The fraction of sp³-hybridized carbons (Fsp3) is 0.467. The number of allylic oxidation sites excluding steroid dienone is 1. The van der Waals surface area contributed by atoms with Crippen LogP contribution in [0.5, 0.6) is 0 Å². The minimum Gasteiger partial charge on any atom is -0.465 e. The summed E-state index contributed by atoms with van der Waals surface area (Å²) in [6, 6.07) is 5.21. The molecule has 230 valence electrons. The van der Waals surface area contributed by atoms with Gasteiger partial charge in [0.2, 0.25) is 5.91 Å². The lowest BCUT2D eigenvalue weighted by molar-refractivity contribution is -0.116. The van der Waals surface area contributed by atoms with Gasteiger partial charge >= 0.3 is 12.2 Å². The average Bonchev–Trinajstić information content (AvgIpc) is 3.27. The third-order valence-electron chi connectivity index (χ3n) is 5.84. The van der Waals surface area contributed by atoms with Crippen LogP contribution >= 0.6 is 0 Å². The number of alkyl carbamates (subject to hydrolysis) is 1. The Bertz CT molecular complexity index is 1260. The van der Waals surface area contributed by atoms with Gasteiger partial charge in [-0.25, -0.2) is 14.6 Å². The van der Waals surface area contributed by atoms with Gasteiger partial charge in [0.1, 0.15) is 18.2 Å². The van der Waals surface area contributed by atoms with Crippen LogP contribution in [0.2, 0.25) is 25.7 Å². The van der Waals surface area contributed by atoms with Crippen molar-refractivity contribution in [2.45, 2.75) is 84.1 Å². The molecule has 4 N–H and O–H groups in total. The van der Waals surface area contributed by atoms with Crippen LogP contribution in [0.1, 0.15) is 51.9 Å². The Hall–Kier alpha value is -3.90. The predicted molar refractivity (Wildman–Crippen MR) is 168 cm³/mol. The van der Waals surface area contributed by atoms with Gasteiger partial charge in [-0.2, -0.15) is 0 Å². The second kappa shape index (κ2) is 15.4. The highest BCUT2D eigenvalue weighted by Crippen LogP contribution is 2.32. The Morgan fingerprint density at radius 2 is 1.86 bits per heavy atom. The van der Waals surface area contributed by atoms with Crippen LogP contribution in [0.15, 0.2) is 49.7 Å². The van der Waals surface area contributed by atoms with Gasteiger partial charge in [-0.1, -0.05) is 31.8 Å². The molecule has 0 aliphatic carbocycles. The van der Waals surface area contributed by atoms with Crippen molar-refractivity contribution in [1.82, 2.24) is 14.9 Å². The quantitative estimate of drug-likeness (QED) is 0.0980. The third kappa shape index (κ3) is 11.9. The van der Waals surface area contributed by atoms with Crippen LogP contribution in [-0.4, -0.2) is 53.0 Å². The van der Waals surface area contributed by atoms with Crippen LogP contribution in [0.3, 0.4) is 0 Å². The number of hydrogen-bond acceptors (Lipinski definition) is 6. The highest BCUT2D eigenvalue weighted by Gasteiger charge is 2.25. The van der Waals surface area contributed by atoms with E-state index in [0.717, 1.165) is 6.04 Å². The van der Waals surface area contributed by atoms with Gasteiger partial charge in [0.25, 0.3) is 0 Å². The number of amides is 3. The third-order valence-corrected chi connectivity index (χ3v) is 7.54. The van der Waals surface area contributed by atoms with Crippen molar-refractivity contribution in [2.24, 2.45) is 0 Å². The smallest absolute Gasteiger partial charge is 0.409 e. The van der Waals surface area contributed by atoms with Crippen LogP contribution < -0.4 is 16.0 Å². The summed E-state index contributed by atoms with van der Waals surface area (Å²) in [6.07, 6.45) is 4.37. The molecule has 12 heteroatoms. The number of anilines is 2. The summed E-state index contributed by atoms with van der Waals surface area (Å²) in [7, 11) is -1.32. The molecule has 0 spiro atoms. The molecular formula is C30H45N5O6Si. The molecule has 11 nitrogen and oxygen atoms in total. The number of carboxylic acid groups (broad SMARTS) is 1. The Kier molecular flexibility index (Phi) is 12.5. The summed E-state index contributed by atoms with van der Waals surface area (Å²) in [5.41, 5.74) is 1.05. The lowest BCUT2D eigenvalue weighted by atomic mass is 10.1. The molecule has 1 atom stereocenters. The van der Waals surface area contributed by atoms with Gasteiger partial charge in [0, 0.05) is 38.5 Å². The standard InChI is InChI=1S/C30H45N5O6Si/c1-9-11-13-26(36)32-24-18-21(31-28(37)38)14-15-22(24)25-19-35(20-40-16-17-42(6,7)8)27(33-25)23(12-10-2)34-29(39)41-30(3,4)5/h9-10,14-15,18-19,23,31H,1-2,11-13,16-17,20H2,3-8H3,(H,32,36)(H,34,39)(H,37,38). The van der Waals surface area contributed by atoms with Gasteiger partial charge in [-0.15, -0.1) is 13.2 Å². The molecular weight excluding hydrogens is 554 g/mol. The average molecular weight is 600 g/mol. The number of carbonyl (C=O) groups excluding carboxylic acids is 2. The molecule has 1 unspecified atom stereocenters. The Morgan fingerprint density at radius 3 is 2.45 bits per heavy atom. The van der Waals surface area contributed by atoms with E-state index >= 15 is 0 Å². The van der Waals surface area contributed by atoms with Crippen LogP contribution in [0.25, 0.3) is 11.3 Å². The van der Waals surface area contributed by atoms with Crippen LogP contribution in [0, 0.1) is 0 Å². The summed E-state index contributed by atoms with van der Waals surface area (Å²) < 4.78 is 13.3. The second-order valence-corrected chi connectivity index (χ2v) is 17.7. The van der Waals surface area contributed by atoms with Crippen LogP contribution in [-0.2, 0) is 21.0 Å². The molecule has 0 aliphatic heterocycles. The van der Waals surface area contributed by atoms with Gasteiger partial charge < -0.3 is 29.8 Å². The van der Waals surface area contributed by atoms with Crippen molar-refractivity contribution < 1.29 is 29.0 Å².